The minimum Gasteiger partial charge on any atom is -0.377 e. The third-order valence-electron chi connectivity index (χ3n) is 3.94. The summed E-state index contributed by atoms with van der Waals surface area (Å²) >= 11 is -2.19. The largest absolute Gasteiger partial charge is 0.377 e. The first-order valence-electron chi connectivity index (χ1n) is 7.60. The molecule has 1 saturated heterocycles. The van der Waals surface area contributed by atoms with E-state index in [1.165, 1.54) is 0 Å². The third kappa shape index (κ3) is 3.66. The van der Waals surface area contributed by atoms with E-state index in [2.05, 4.69) is 14.6 Å². The minimum atomic E-state index is -2.19. The SMILES string of the molecule is C[C@@H]1COCCN1c1cc(-c2ccccc2NS(=O)O)[nH]c(=O)c1. The maximum absolute atomic E-state index is 12.1. The lowest BCUT2D eigenvalue weighted by atomic mass is 10.1. The molecule has 1 unspecified atom stereocenters. The topological polar surface area (TPSA) is 94.7 Å². The molecule has 0 amide bonds. The Bertz CT molecular complexity index is 808. The van der Waals surface area contributed by atoms with E-state index in [4.69, 9.17) is 9.29 Å². The zero-order chi connectivity index (χ0) is 17.1. The molecule has 0 bridgehead atoms. The molecule has 1 fully saturated rings. The summed E-state index contributed by atoms with van der Waals surface area (Å²) in [6, 6.07) is 10.6. The van der Waals surface area contributed by atoms with E-state index in [1.54, 1.807) is 24.3 Å². The first kappa shape index (κ1) is 16.7. The van der Waals surface area contributed by atoms with Gasteiger partial charge in [0.25, 0.3) is 11.3 Å². The molecule has 3 N–H and O–H groups in total. The normalized spacial score (nSPS) is 19.1. The Kier molecular flexibility index (Phi) is 4.98. The van der Waals surface area contributed by atoms with Crippen molar-refractivity contribution in [3.05, 3.63) is 46.8 Å². The molecule has 1 aliphatic rings. The Labute approximate surface area is 142 Å². The van der Waals surface area contributed by atoms with E-state index < -0.39 is 11.3 Å². The molecule has 1 aliphatic heterocycles. The highest BCUT2D eigenvalue weighted by atomic mass is 32.2. The second-order valence-electron chi connectivity index (χ2n) is 5.63. The van der Waals surface area contributed by atoms with Gasteiger partial charge in [0.2, 0.25) is 5.56 Å². The van der Waals surface area contributed by atoms with Crippen molar-refractivity contribution in [2.45, 2.75) is 13.0 Å². The van der Waals surface area contributed by atoms with Gasteiger partial charge in [0.05, 0.1) is 24.6 Å². The highest BCUT2D eigenvalue weighted by molar-refractivity contribution is 7.80. The van der Waals surface area contributed by atoms with Crippen molar-refractivity contribution in [1.82, 2.24) is 4.98 Å². The molecular weight excluding hydrogens is 330 g/mol. The average molecular weight is 349 g/mol. The highest BCUT2D eigenvalue weighted by Crippen LogP contribution is 2.29. The minimum absolute atomic E-state index is 0.173. The second kappa shape index (κ2) is 7.16. The lowest BCUT2D eigenvalue weighted by Gasteiger charge is -2.35. The Morgan fingerprint density at radius 1 is 1.38 bits per heavy atom. The van der Waals surface area contributed by atoms with Crippen molar-refractivity contribution in [2.75, 3.05) is 29.4 Å². The van der Waals surface area contributed by atoms with Crippen LogP contribution in [-0.4, -0.2) is 39.5 Å². The van der Waals surface area contributed by atoms with Crippen molar-refractivity contribution in [2.24, 2.45) is 0 Å². The lowest BCUT2D eigenvalue weighted by molar-refractivity contribution is 0.0989. The Morgan fingerprint density at radius 2 is 2.17 bits per heavy atom. The molecule has 1 aromatic carbocycles. The molecule has 0 aliphatic carbocycles. The first-order chi connectivity index (χ1) is 11.5. The zero-order valence-electron chi connectivity index (χ0n) is 13.2. The number of aromatic nitrogens is 1. The lowest BCUT2D eigenvalue weighted by Crippen LogP contribution is -2.44. The molecule has 2 heterocycles. The van der Waals surface area contributed by atoms with Crippen LogP contribution in [0, 0.1) is 0 Å². The fourth-order valence-corrected chi connectivity index (χ4v) is 3.22. The smallest absolute Gasteiger partial charge is 0.259 e. The molecule has 3 rings (SSSR count). The van der Waals surface area contributed by atoms with Crippen LogP contribution >= 0.6 is 0 Å². The number of morpholine rings is 1. The van der Waals surface area contributed by atoms with Gasteiger partial charge < -0.3 is 14.6 Å². The van der Waals surface area contributed by atoms with E-state index >= 15 is 0 Å². The van der Waals surface area contributed by atoms with Crippen LogP contribution in [0.3, 0.4) is 0 Å². The Balaban J connectivity index is 2.04. The summed E-state index contributed by atoms with van der Waals surface area (Å²) in [5.74, 6) is 0. The van der Waals surface area contributed by atoms with E-state index in [-0.39, 0.29) is 11.6 Å². The van der Waals surface area contributed by atoms with Gasteiger partial charge in [0.15, 0.2) is 0 Å². The van der Waals surface area contributed by atoms with E-state index in [9.17, 15) is 9.00 Å². The summed E-state index contributed by atoms with van der Waals surface area (Å²) < 4.78 is 28.1. The number of aromatic amines is 1. The van der Waals surface area contributed by atoms with Crippen LogP contribution in [0.2, 0.25) is 0 Å². The van der Waals surface area contributed by atoms with Crippen LogP contribution in [0.25, 0.3) is 11.3 Å². The zero-order valence-corrected chi connectivity index (χ0v) is 14.0. The van der Waals surface area contributed by atoms with Gasteiger partial charge in [0.1, 0.15) is 0 Å². The number of hydrogen-bond acceptors (Lipinski definition) is 4. The fraction of sp³-hybridized carbons (Fsp3) is 0.312. The molecule has 8 heteroatoms. The Hall–Kier alpha value is -2.16. The summed E-state index contributed by atoms with van der Waals surface area (Å²) in [5.41, 5.74) is 2.30. The summed E-state index contributed by atoms with van der Waals surface area (Å²) in [6.45, 7) is 3.99. The number of anilines is 2. The predicted octanol–water partition coefficient (Wildman–Crippen LogP) is 1.82. The average Bonchev–Trinajstić information content (AvgIpc) is 2.54. The van der Waals surface area contributed by atoms with Gasteiger partial charge in [-0.1, -0.05) is 18.2 Å². The van der Waals surface area contributed by atoms with Crippen LogP contribution < -0.4 is 15.2 Å². The van der Waals surface area contributed by atoms with E-state index in [1.807, 2.05) is 19.1 Å². The number of ether oxygens (including phenoxy) is 1. The molecule has 2 atom stereocenters. The monoisotopic (exact) mass is 349 g/mol. The number of benzene rings is 1. The molecule has 0 saturated carbocycles. The van der Waals surface area contributed by atoms with Crippen LogP contribution in [-0.2, 0) is 16.0 Å². The molecule has 128 valence electrons. The van der Waals surface area contributed by atoms with Gasteiger partial charge in [-0.25, -0.2) is 4.21 Å². The van der Waals surface area contributed by atoms with Crippen LogP contribution in [0.1, 0.15) is 6.92 Å². The number of para-hydroxylation sites is 1. The fourth-order valence-electron chi connectivity index (χ4n) is 2.85. The van der Waals surface area contributed by atoms with Crippen LogP contribution in [0.15, 0.2) is 41.2 Å². The quantitative estimate of drug-likeness (QED) is 0.732. The molecule has 1 aromatic heterocycles. The summed E-state index contributed by atoms with van der Waals surface area (Å²) in [5, 5.41) is 0. The third-order valence-corrected chi connectivity index (χ3v) is 4.34. The molecule has 0 spiro atoms. The van der Waals surface area contributed by atoms with Crippen molar-refractivity contribution in [3.63, 3.8) is 0 Å². The van der Waals surface area contributed by atoms with E-state index in [0.29, 0.717) is 36.7 Å². The number of hydrogen-bond donors (Lipinski definition) is 3. The van der Waals surface area contributed by atoms with Gasteiger partial charge in [0, 0.05) is 29.9 Å². The van der Waals surface area contributed by atoms with Gasteiger partial charge in [-0.05, 0) is 19.1 Å². The van der Waals surface area contributed by atoms with Gasteiger partial charge >= 0.3 is 0 Å². The van der Waals surface area contributed by atoms with Crippen molar-refractivity contribution < 1.29 is 13.5 Å². The summed E-state index contributed by atoms with van der Waals surface area (Å²) in [4.78, 5) is 17.0. The summed E-state index contributed by atoms with van der Waals surface area (Å²) in [7, 11) is 0. The maximum Gasteiger partial charge on any atom is 0.259 e. The Morgan fingerprint density at radius 3 is 2.92 bits per heavy atom. The molecule has 0 radical (unpaired) electrons. The summed E-state index contributed by atoms with van der Waals surface area (Å²) in [6.07, 6.45) is 0. The molecule has 24 heavy (non-hydrogen) atoms. The maximum atomic E-state index is 12.1. The standard InChI is InChI=1S/C16H19N3O4S/c1-11-10-23-7-6-19(11)12-8-15(17-16(20)9-12)13-4-2-3-5-14(13)18-24(21)22/h2-5,8-9,11,18H,6-7,10H2,1H3,(H,17,20)(H,21,22)/t11-/m1/s1. The van der Waals surface area contributed by atoms with Gasteiger partial charge in [-0.2, -0.15) is 0 Å². The number of nitrogens with zero attached hydrogens (tertiary/aromatic N) is 1. The molecular formula is C16H19N3O4S. The van der Waals surface area contributed by atoms with Crippen LogP contribution in [0.5, 0.6) is 0 Å². The van der Waals surface area contributed by atoms with Gasteiger partial charge in [-0.3, -0.25) is 14.1 Å². The molecule has 7 nitrogen and oxygen atoms in total. The van der Waals surface area contributed by atoms with Crippen molar-refractivity contribution in [1.29, 1.82) is 0 Å². The number of H-pyrrole nitrogens is 1. The molecule has 2 aromatic rings. The van der Waals surface area contributed by atoms with Gasteiger partial charge in [-0.15, -0.1) is 0 Å². The van der Waals surface area contributed by atoms with Crippen LogP contribution in [0.4, 0.5) is 11.4 Å². The first-order valence-corrected chi connectivity index (χ1v) is 8.71. The number of pyridine rings is 1. The van der Waals surface area contributed by atoms with E-state index in [0.717, 1.165) is 5.69 Å². The highest BCUT2D eigenvalue weighted by Gasteiger charge is 2.20. The predicted molar refractivity (Wildman–Crippen MR) is 94.5 cm³/mol. The van der Waals surface area contributed by atoms with Crippen molar-refractivity contribution >= 4 is 22.6 Å². The second-order valence-corrected chi connectivity index (χ2v) is 6.33. The number of nitrogens with one attached hydrogen (secondary N) is 2. The number of rotatable bonds is 4. The van der Waals surface area contributed by atoms with Crippen molar-refractivity contribution in [3.8, 4) is 11.3 Å².